The molecule has 1 N–H and O–H groups in total. The SMILES string of the molecule is O=C(NCCCOc1ccccc1)N1CCC[C@H](CN2CCOCC2)C1. The van der Waals surface area contributed by atoms with Crippen molar-refractivity contribution in [2.75, 3.05) is 59.1 Å². The van der Waals surface area contributed by atoms with Gasteiger partial charge in [-0.05, 0) is 37.3 Å². The van der Waals surface area contributed by atoms with Crippen LogP contribution in [0.2, 0.25) is 0 Å². The molecule has 6 nitrogen and oxygen atoms in total. The van der Waals surface area contributed by atoms with E-state index in [1.165, 1.54) is 6.42 Å². The predicted octanol–water partition coefficient (Wildman–Crippen LogP) is 2.21. The maximum absolute atomic E-state index is 12.4. The molecule has 2 heterocycles. The summed E-state index contributed by atoms with van der Waals surface area (Å²) in [6, 6.07) is 9.85. The number of amides is 2. The number of urea groups is 1. The monoisotopic (exact) mass is 361 g/mol. The molecule has 0 radical (unpaired) electrons. The lowest BCUT2D eigenvalue weighted by Gasteiger charge is -2.36. The number of piperidine rings is 1. The first-order valence-corrected chi connectivity index (χ1v) is 9.82. The normalized spacial score (nSPS) is 21.4. The summed E-state index contributed by atoms with van der Waals surface area (Å²) in [5.74, 6) is 1.45. The van der Waals surface area contributed by atoms with Crippen molar-refractivity contribution in [3.63, 3.8) is 0 Å². The smallest absolute Gasteiger partial charge is 0.317 e. The zero-order valence-corrected chi connectivity index (χ0v) is 15.6. The van der Waals surface area contributed by atoms with Gasteiger partial charge in [-0.25, -0.2) is 4.79 Å². The van der Waals surface area contributed by atoms with E-state index in [0.717, 1.165) is 64.5 Å². The van der Waals surface area contributed by atoms with Crippen LogP contribution in [0.15, 0.2) is 30.3 Å². The van der Waals surface area contributed by atoms with Gasteiger partial charge in [0.05, 0.1) is 19.8 Å². The summed E-state index contributed by atoms with van der Waals surface area (Å²) in [4.78, 5) is 16.9. The van der Waals surface area contributed by atoms with E-state index in [4.69, 9.17) is 9.47 Å². The highest BCUT2D eigenvalue weighted by molar-refractivity contribution is 5.74. The van der Waals surface area contributed by atoms with Crippen LogP contribution in [0.5, 0.6) is 5.75 Å². The molecule has 6 heteroatoms. The number of hydrogen-bond acceptors (Lipinski definition) is 4. The van der Waals surface area contributed by atoms with Gasteiger partial charge in [-0.15, -0.1) is 0 Å². The van der Waals surface area contributed by atoms with Crippen LogP contribution in [0, 0.1) is 5.92 Å². The Morgan fingerprint density at radius 1 is 1.19 bits per heavy atom. The van der Waals surface area contributed by atoms with Crippen LogP contribution in [0.25, 0.3) is 0 Å². The zero-order valence-electron chi connectivity index (χ0n) is 15.6. The highest BCUT2D eigenvalue weighted by Gasteiger charge is 2.25. The Morgan fingerprint density at radius 3 is 2.81 bits per heavy atom. The van der Waals surface area contributed by atoms with Gasteiger partial charge in [-0.3, -0.25) is 4.90 Å². The fourth-order valence-corrected chi connectivity index (χ4v) is 3.63. The van der Waals surface area contributed by atoms with Crippen molar-refractivity contribution in [3.05, 3.63) is 30.3 Å². The topological polar surface area (TPSA) is 54.0 Å². The van der Waals surface area contributed by atoms with Crippen LogP contribution >= 0.6 is 0 Å². The number of rotatable bonds is 7. The third-order valence-electron chi connectivity index (χ3n) is 5.04. The Labute approximate surface area is 156 Å². The van der Waals surface area contributed by atoms with Crippen molar-refractivity contribution in [2.24, 2.45) is 5.92 Å². The number of nitrogens with zero attached hydrogens (tertiary/aromatic N) is 2. The number of carbonyl (C=O) groups is 1. The van der Waals surface area contributed by atoms with Crippen molar-refractivity contribution >= 4 is 6.03 Å². The van der Waals surface area contributed by atoms with Gasteiger partial charge in [0.1, 0.15) is 5.75 Å². The summed E-state index contributed by atoms with van der Waals surface area (Å²) in [7, 11) is 0. The van der Waals surface area contributed by atoms with Gasteiger partial charge >= 0.3 is 6.03 Å². The number of para-hydroxylation sites is 1. The molecule has 2 fully saturated rings. The number of benzene rings is 1. The zero-order chi connectivity index (χ0) is 18.0. The molecule has 2 amide bonds. The van der Waals surface area contributed by atoms with E-state index in [1.807, 2.05) is 35.2 Å². The molecule has 2 saturated heterocycles. The number of ether oxygens (including phenoxy) is 2. The molecule has 144 valence electrons. The molecule has 1 aromatic carbocycles. The van der Waals surface area contributed by atoms with E-state index >= 15 is 0 Å². The molecule has 0 saturated carbocycles. The Bertz CT molecular complexity index is 534. The van der Waals surface area contributed by atoms with Gasteiger partial charge < -0.3 is 19.7 Å². The van der Waals surface area contributed by atoms with Crippen LogP contribution in [-0.4, -0.2) is 74.9 Å². The molecule has 26 heavy (non-hydrogen) atoms. The molecule has 0 bridgehead atoms. The second kappa shape index (κ2) is 10.4. The second-order valence-electron chi connectivity index (χ2n) is 7.11. The fraction of sp³-hybridized carbons (Fsp3) is 0.650. The summed E-state index contributed by atoms with van der Waals surface area (Å²) >= 11 is 0. The minimum Gasteiger partial charge on any atom is -0.494 e. The highest BCUT2D eigenvalue weighted by atomic mass is 16.5. The molecule has 2 aliphatic rings. The molecule has 0 aliphatic carbocycles. The van der Waals surface area contributed by atoms with Crippen molar-refractivity contribution in [1.82, 2.24) is 15.1 Å². The summed E-state index contributed by atoms with van der Waals surface area (Å²) < 4.78 is 11.1. The number of likely N-dealkylation sites (tertiary alicyclic amines) is 1. The van der Waals surface area contributed by atoms with E-state index in [0.29, 0.717) is 19.1 Å². The van der Waals surface area contributed by atoms with Crippen molar-refractivity contribution in [3.8, 4) is 5.75 Å². The fourth-order valence-electron chi connectivity index (χ4n) is 3.63. The molecule has 1 aromatic rings. The predicted molar refractivity (Wildman–Crippen MR) is 102 cm³/mol. The third-order valence-corrected chi connectivity index (χ3v) is 5.04. The number of morpholine rings is 1. The molecule has 3 rings (SSSR count). The Balaban J connectivity index is 1.30. The molecule has 0 spiro atoms. The average molecular weight is 361 g/mol. The average Bonchev–Trinajstić information content (AvgIpc) is 2.69. The molecule has 1 atom stereocenters. The largest absolute Gasteiger partial charge is 0.494 e. The first-order valence-electron chi connectivity index (χ1n) is 9.82. The maximum atomic E-state index is 12.4. The van der Waals surface area contributed by atoms with Gasteiger partial charge in [0.2, 0.25) is 0 Å². The van der Waals surface area contributed by atoms with Gasteiger partial charge in [0.15, 0.2) is 0 Å². The van der Waals surface area contributed by atoms with Crippen molar-refractivity contribution in [1.29, 1.82) is 0 Å². The molecular formula is C20H31N3O3. The van der Waals surface area contributed by atoms with Gasteiger partial charge in [-0.1, -0.05) is 18.2 Å². The summed E-state index contributed by atoms with van der Waals surface area (Å²) in [5.41, 5.74) is 0. The number of carbonyl (C=O) groups excluding carboxylic acids is 1. The van der Waals surface area contributed by atoms with E-state index < -0.39 is 0 Å². The number of nitrogens with one attached hydrogen (secondary N) is 1. The van der Waals surface area contributed by atoms with Crippen LogP contribution in [0.1, 0.15) is 19.3 Å². The number of hydrogen-bond donors (Lipinski definition) is 1. The Morgan fingerprint density at radius 2 is 2.00 bits per heavy atom. The summed E-state index contributed by atoms with van der Waals surface area (Å²) in [5, 5.41) is 3.04. The van der Waals surface area contributed by atoms with E-state index in [1.54, 1.807) is 0 Å². The van der Waals surface area contributed by atoms with Crippen LogP contribution in [0.3, 0.4) is 0 Å². The standard InChI is InChI=1S/C20H31N3O3/c24-20(21-9-5-13-26-19-7-2-1-3-8-19)23-10-4-6-18(17-23)16-22-11-14-25-15-12-22/h1-3,7-8,18H,4-6,9-17H2,(H,21,24)/t18-/m1/s1. The van der Waals surface area contributed by atoms with Crippen LogP contribution in [0.4, 0.5) is 4.79 Å². The maximum Gasteiger partial charge on any atom is 0.317 e. The Kier molecular flexibility index (Phi) is 7.58. The molecule has 0 aromatic heterocycles. The Hall–Kier alpha value is -1.79. The van der Waals surface area contributed by atoms with Gasteiger partial charge in [0, 0.05) is 39.3 Å². The van der Waals surface area contributed by atoms with Gasteiger partial charge in [-0.2, -0.15) is 0 Å². The molecule has 0 unspecified atom stereocenters. The van der Waals surface area contributed by atoms with Crippen LogP contribution in [-0.2, 0) is 4.74 Å². The van der Waals surface area contributed by atoms with Crippen LogP contribution < -0.4 is 10.1 Å². The van der Waals surface area contributed by atoms with Crippen molar-refractivity contribution < 1.29 is 14.3 Å². The minimum absolute atomic E-state index is 0.0661. The first-order chi connectivity index (χ1) is 12.8. The summed E-state index contributed by atoms with van der Waals surface area (Å²) in [6.07, 6.45) is 3.12. The van der Waals surface area contributed by atoms with E-state index in [9.17, 15) is 4.79 Å². The van der Waals surface area contributed by atoms with Gasteiger partial charge in [0.25, 0.3) is 0 Å². The lowest BCUT2D eigenvalue weighted by atomic mass is 9.97. The first kappa shape index (κ1) is 19.0. The third kappa shape index (κ3) is 6.18. The van der Waals surface area contributed by atoms with E-state index in [-0.39, 0.29) is 6.03 Å². The second-order valence-corrected chi connectivity index (χ2v) is 7.11. The van der Waals surface area contributed by atoms with E-state index in [2.05, 4.69) is 10.2 Å². The minimum atomic E-state index is 0.0661. The molecular weight excluding hydrogens is 330 g/mol. The lowest BCUT2D eigenvalue weighted by Crippen LogP contribution is -2.49. The van der Waals surface area contributed by atoms with Crippen molar-refractivity contribution in [2.45, 2.75) is 19.3 Å². The lowest BCUT2D eigenvalue weighted by molar-refractivity contribution is 0.0249. The quantitative estimate of drug-likeness (QED) is 0.757. The highest BCUT2D eigenvalue weighted by Crippen LogP contribution is 2.18. The molecule has 2 aliphatic heterocycles. The summed E-state index contributed by atoms with van der Waals surface area (Å²) in [6.45, 7) is 7.78.